The summed E-state index contributed by atoms with van der Waals surface area (Å²) >= 11 is 12.0. The predicted molar refractivity (Wildman–Crippen MR) is 93.1 cm³/mol. The summed E-state index contributed by atoms with van der Waals surface area (Å²) in [6, 6.07) is 10.5. The third-order valence-electron chi connectivity index (χ3n) is 3.33. The molecule has 2 amide bonds. The summed E-state index contributed by atoms with van der Waals surface area (Å²) in [4.78, 5) is 25.8. The van der Waals surface area contributed by atoms with E-state index < -0.39 is 17.6 Å². The second kappa shape index (κ2) is 8.13. The van der Waals surface area contributed by atoms with Crippen molar-refractivity contribution in [1.82, 2.24) is 4.90 Å². The molecule has 0 saturated heterocycles. The number of carbonyl (C=O) groups is 2. The second-order valence-electron chi connectivity index (χ2n) is 4.94. The molecule has 24 heavy (non-hydrogen) atoms. The van der Waals surface area contributed by atoms with Gasteiger partial charge in [-0.1, -0.05) is 41.4 Å². The lowest BCUT2D eigenvalue weighted by Crippen LogP contribution is -2.38. The second-order valence-corrected chi connectivity index (χ2v) is 5.76. The van der Waals surface area contributed by atoms with E-state index in [-0.39, 0.29) is 24.3 Å². The number of benzene rings is 2. The van der Waals surface area contributed by atoms with Crippen molar-refractivity contribution in [3.05, 3.63) is 63.9 Å². The predicted octanol–water partition coefficient (Wildman–Crippen LogP) is 4.23. The first-order chi connectivity index (χ1) is 11.4. The Labute approximate surface area is 149 Å². The standard InChI is InChI=1S/C17H15Cl2FN2O2/c1-2-22(17(24)11-6-3-4-9-14(11)20)10-15(23)21-16-12(18)7-5-8-13(16)19/h3-9H,2,10H2,1H3,(H,21,23). The zero-order chi connectivity index (χ0) is 17.7. The molecule has 2 aromatic rings. The van der Waals surface area contributed by atoms with E-state index in [1.807, 2.05) is 0 Å². The Morgan fingerprint density at radius 1 is 1.08 bits per heavy atom. The Bertz CT molecular complexity index is 748. The first kappa shape index (κ1) is 18.2. The molecule has 0 spiro atoms. The van der Waals surface area contributed by atoms with Gasteiger partial charge < -0.3 is 10.2 Å². The van der Waals surface area contributed by atoms with E-state index in [0.717, 1.165) is 0 Å². The third-order valence-corrected chi connectivity index (χ3v) is 3.96. The van der Waals surface area contributed by atoms with Crippen LogP contribution in [-0.2, 0) is 4.79 Å². The molecular weight excluding hydrogens is 354 g/mol. The van der Waals surface area contributed by atoms with Crippen molar-refractivity contribution in [1.29, 1.82) is 0 Å². The quantitative estimate of drug-likeness (QED) is 0.858. The van der Waals surface area contributed by atoms with Crippen molar-refractivity contribution in [3.8, 4) is 0 Å². The lowest BCUT2D eigenvalue weighted by Gasteiger charge is -2.21. The van der Waals surface area contributed by atoms with Crippen molar-refractivity contribution in [2.45, 2.75) is 6.92 Å². The molecule has 2 aromatic carbocycles. The van der Waals surface area contributed by atoms with Crippen molar-refractivity contribution in [3.63, 3.8) is 0 Å². The summed E-state index contributed by atoms with van der Waals surface area (Å²) in [5.41, 5.74) is 0.197. The van der Waals surface area contributed by atoms with Gasteiger partial charge in [0.25, 0.3) is 5.91 Å². The zero-order valence-corrected chi connectivity index (χ0v) is 14.4. The van der Waals surface area contributed by atoms with Gasteiger partial charge in [0.1, 0.15) is 12.4 Å². The van der Waals surface area contributed by atoms with Crippen molar-refractivity contribution < 1.29 is 14.0 Å². The number of para-hydroxylation sites is 1. The highest BCUT2D eigenvalue weighted by Crippen LogP contribution is 2.29. The summed E-state index contributed by atoms with van der Waals surface area (Å²) in [6.07, 6.45) is 0. The van der Waals surface area contributed by atoms with Crippen LogP contribution in [0, 0.1) is 5.82 Å². The maximum absolute atomic E-state index is 13.7. The molecule has 0 aliphatic rings. The molecular formula is C17H15Cl2FN2O2. The number of nitrogens with zero attached hydrogens (tertiary/aromatic N) is 1. The molecule has 2 rings (SSSR count). The summed E-state index contributed by atoms with van der Waals surface area (Å²) in [7, 11) is 0. The number of rotatable bonds is 5. The van der Waals surface area contributed by atoms with Gasteiger partial charge >= 0.3 is 0 Å². The number of amides is 2. The number of nitrogens with one attached hydrogen (secondary N) is 1. The molecule has 0 bridgehead atoms. The molecule has 0 radical (unpaired) electrons. The summed E-state index contributed by atoms with van der Waals surface area (Å²) in [5, 5.41) is 3.16. The summed E-state index contributed by atoms with van der Waals surface area (Å²) < 4.78 is 13.7. The van der Waals surface area contributed by atoms with E-state index in [4.69, 9.17) is 23.2 Å². The minimum absolute atomic E-state index is 0.0806. The maximum Gasteiger partial charge on any atom is 0.257 e. The molecule has 0 aliphatic heterocycles. The van der Waals surface area contributed by atoms with Gasteiger partial charge in [0.15, 0.2) is 0 Å². The normalized spacial score (nSPS) is 10.3. The largest absolute Gasteiger partial charge is 0.330 e. The molecule has 4 nitrogen and oxygen atoms in total. The van der Waals surface area contributed by atoms with E-state index >= 15 is 0 Å². The molecule has 0 saturated carbocycles. The number of halogens is 3. The fourth-order valence-electron chi connectivity index (χ4n) is 2.10. The van der Waals surface area contributed by atoms with Crippen LogP contribution in [0.1, 0.15) is 17.3 Å². The van der Waals surface area contributed by atoms with Gasteiger partial charge in [-0.25, -0.2) is 4.39 Å². The highest BCUT2D eigenvalue weighted by Gasteiger charge is 2.20. The van der Waals surface area contributed by atoms with Gasteiger partial charge in [-0.05, 0) is 31.2 Å². The topological polar surface area (TPSA) is 49.4 Å². The minimum atomic E-state index is -0.629. The van der Waals surface area contributed by atoms with E-state index in [1.54, 1.807) is 31.2 Å². The minimum Gasteiger partial charge on any atom is -0.330 e. The molecule has 0 aromatic heterocycles. The number of hydrogen-bond donors (Lipinski definition) is 1. The van der Waals surface area contributed by atoms with Gasteiger partial charge in [0.2, 0.25) is 5.91 Å². The molecule has 0 heterocycles. The smallest absolute Gasteiger partial charge is 0.257 e. The Morgan fingerprint density at radius 2 is 1.71 bits per heavy atom. The Hall–Kier alpha value is -2.11. The highest BCUT2D eigenvalue weighted by molar-refractivity contribution is 6.39. The van der Waals surface area contributed by atoms with Gasteiger partial charge in [0.05, 0.1) is 21.3 Å². The van der Waals surface area contributed by atoms with E-state index in [0.29, 0.717) is 10.0 Å². The highest BCUT2D eigenvalue weighted by atomic mass is 35.5. The molecule has 1 N–H and O–H groups in total. The van der Waals surface area contributed by atoms with Crippen molar-refractivity contribution >= 4 is 40.7 Å². The van der Waals surface area contributed by atoms with Gasteiger partial charge in [0, 0.05) is 6.54 Å². The fourth-order valence-corrected chi connectivity index (χ4v) is 2.59. The summed E-state index contributed by atoms with van der Waals surface area (Å²) in [6.45, 7) is 1.70. The molecule has 0 unspecified atom stereocenters. The molecule has 7 heteroatoms. The number of likely N-dealkylation sites (N-methyl/N-ethyl adjacent to an activating group) is 1. The van der Waals surface area contributed by atoms with Crippen LogP contribution < -0.4 is 5.32 Å². The monoisotopic (exact) mass is 368 g/mol. The Kier molecular flexibility index (Phi) is 6.17. The number of anilines is 1. The first-order valence-electron chi connectivity index (χ1n) is 7.21. The van der Waals surface area contributed by atoms with Crippen LogP contribution in [0.15, 0.2) is 42.5 Å². The number of carbonyl (C=O) groups excluding carboxylic acids is 2. The van der Waals surface area contributed by atoms with Gasteiger partial charge in [-0.3, -0.25) is 9.59 Å². The van der Waals surface area contributed by atoms with Crippen LogP contribution in [0.4, 0.5) is 10.1 Å². The summed E-state index contributed by atoms with van der Waals surface area (Å²) in [5.74, 6) is -1.66. The fraction of sp³-hybridized carbons (Fsp3) is 0.176. The van der Waals surface area contributed by atoms with Crippen LogP contribution in [0.3, 0.4) is 0 Å². The van der Waals surface area contributed by atoms with Crippen LogP contribution in [0.25, 0.3) is 0 Å². The van der Waals surface area contributed by atoms with Crippen LogP contribution in [0.2, 0.25) is 10.0 Å². The zero-order valence-electron chi connectivity index (χ0n) is 12.9. The van der Waals surface area contributed by atoms with Crippen LogP contribution >= 0.6 is 23.2 Å². The van der Waals surface area contributed by atoms with E-state index in [2.05, 4.69) is 5.32 Å². The SMILES string of the molecule is CCN(CC(=O)Nc1c(Cl)cccc1Cl)C(=O)c1ccccc1F. The van der Waals surface area contributed by atoms with E-state index in [1.165, 1.54) is 23.1 Å². The van der Waals surface area contributed by atoms with Crippen molar-refractivity contribution in [2.24, 2.45) is 0 Å². The third kappa shape index (κ3) is 4.24. The van der Waals surface area contributed by atoms with Crippen LogP contribution in [-0.4, -0.2) is 29.8 Å². The molecule has 126 valence electrons. The van der Waals surface area contributed by atoms with Crippen LogP contribution in [0.5, 0.6) is 0 Å². The molecule has 0 fully saturated rings. The molecule has 0 atom stereocenters. The Balaban J connectivity index is 2.11. The maximum atomic E-state index is 13.7. The van der Waals surface area contributed by atoms with E-state index in [9.17, 15) is 14.0 Å². The Morgan fingerprint density at radius 3 is 2.29 bits per heavy atom. The lowest BCUT2D eigenvalue weighted by atomic mass is 10.2. The lowest BCUT2D eigenvalue weighted by molar-refractivity contribution is -0.116. The van der Waals surface area contributed by atoms with Gasteiger partial charge in [-0.15, -0.1) is 0 Å². The number of hydrogen-bond acceptors (Lipinski definition) is 2. The average molecular weight is 369 g/mol. The van der Waals surface area contributed by atoms with Crippen molar-refractivity contribution in [2.75, 3.05) is 18.4 Å². The average Bonchev–Trinajstić information content (AvgIpc) is 2.56. The van der Waals surface area contributed by atoms with Gasteiger partial charge in [-0.2, -0.15) is 0 Å². The first-order valence-corrected chi connectivity index (χ1v) is 7.97. The molecule has 0 aliphatic carbocycles.